The van der Waals surface area contributed by atoms with Crippen LogP contribution in [0, 0.1) is 0 Å². The average molecular weight is 693 g/mol. The molecule has 0 bridgehead atoms. The summed E-state index contributed by atoms with van der Waals surface area (Å²) in [5.74, 6) is -5.33. The minimum Gasteiger partial charge on any atom is -0.463 e. The first-order valence-electron chi connectivity index (χ1n) is 13.8. The van der Waals surface area contributed by atoms with Gasteiger partial charge in [0.15, 0.2) is 36.4 Å². The number of halogens is 3. The van der Waals surface area contributed by atoms with E-state index in [2.05, 4.69) is 5.32 Å². The van der Waals surface area contributed by atoms with Crippen molar-refractivity contribution in [2.24, 2.45) is 0 Å². The van der Waals surface area contributed by atoms with E-state index in [1.165, 1.54) is 0 Å². The zero-order valence-corrected chi connectivity index (χ0v) is 27.3. The quantitative estimate of drug-likeness (QED) is 0.220. The molecule has 18 heteroatoms. The summed E-state index contributed by atoms with van der Waals surface area (Å²) in [6.45, 7) is 9.65. The molecule has 4 heterocycles. The molecule has 0 radical (unpaired) electrons. The number of carbonyl (C=O) groups excluding carboxylic acids is 4. The Morgan fingerprint density at radius 1 is 0.727 bits per heavy atom. The molecule has 44 heavy (non-hydrogen) atoms. The largest absolute Gasteiger partial charge is 0.463 e. The van der Waals surface area contributed by atoms with E-state index in [1.54, 1.807) is 27.7 Å². The monoisotopic (exact) mass is 691 g/mol. The Kier molecular flexibility index (Phi) is 10.7. The molecule has 0 aromatic heterocycles. The number of hydrogen-bond acceptors (Lipinski definition) is 14. The van der Waals surface area contributed by atoms with E-state index in [1.807, 2.05) is 0 Å². The molecule has 4 rings (SSSR count). The fourth-order valence-electron chi connectivity index (χ4n) is 5.45. The van der Waals surface area contributed by atoms with Crippen LogP contribution in [0.3, 0.4) is 0 Å². The highest BCUT2D eigenvalue weighted by Crippen LogP contribution is 2.44. The lowest BCUT2D eigenvalue weighted by molar-refractivity contribution is -0.296. The average Bonchev–Trinajstić information content (AvgIpc) is 3.36. The Bertz CT molecular complexity index is 1120. The van der Waals surface area contributed by atoms with Crippen molar-refractivity contribution < 1.29 is 66.5 Å². The predicted molar refractivity (Wildman–Crippen MR) is 147 cm³/mol. The molecule has 1 N–H and O–H groups in total. The van der Waals surface area contributed by atoms with Gasteiger partial charge in [0.05, 0.1) is 6.61 Å². The zero-order chi connectivity index (χ0) is 32.8. The molecule has 0 aromatic carbocycles. The molecule has 1 amide bonds. The van der Waals surface area contributed by atoms with Crippen molar-refractivity contribution in [3.05, 3.63) is 0 Å². The molecule has 0 aliphatic carbocycles. The van der Waals surface area contributed by atoms with E-state index in [4.69, 9.17) is 82.2 Å². The highest BCUT2D eigenvalue weighted by atomic mass is 35.6. The molecule has 4 saturated heterocycles. The lowest BCUT2D eigenvalue weighted by atomic mass is 9.95. The summed E-state index contributed by atoms with van der Waals surface area (Å²) in [7, 11) is 0. The number of alkyl halides is 3. The maximum Gasteiger partial charge on any atom is 0.303 e. The Balaban J connectivity index is 1.64. The van der Waals surface area contributed by atoms with Crippen LogP contribution in [0.1, 0.15) is 48.5 Å². The Hall–Kier alpha value is -1.53. The summed E-state index contributed by atoms with van der Waals surface area (Å²) in [5.41, 5.74) is 0. The van der Waals surface area contributed by atoms with Crippen LogP contribution in [0.4, 0.5) is 0 Å². The third kappa shape index (κ3) is 8.43. The van der Waals surface area contributed by atoms with Crippen LogP contribution in [-0.2, 0) is 66.5 Å². The fraction of sp³-hybridized carbons (Fsp3) is 0.846. The van der Waals surface area contributed by atoms with Crippen molar-refractivity contribution >= 4 is 58.6 Å². The topological polar surface area (TPSA) is 173 Å². The van der Waals surface area contributed by atoms with Crippen LogP contribution in [0.5, 0.6) is 0 Å². The van der Waals surface area contributed by atoms with Gasteiger partial charge in [-0.2, -0.15) is 0 Å². The van der Waals surface area contributed by atoms with Gasteiger partial charge in [0, 0.05) is 20.8 Å². The van der Waals surface area contributed by atoms with E-state index in [0.717, 1.165) is 20.8 Å². The normalized spacial score (nSPS) is 37.3. The van der Waals surface area contributed by atoms with Crippen LogP contribution in [0.2, 0.25) is 0 Å². The van der Waals surface area contributed by atoms with Crippen LogP contribution >= 0.6 is 34.8 Å². The van der Waals surface area contributed by atoms with Crippen LogP contribution in [-0.4, -0.2) is 114 Å². The smallest absolute Gasteiger partial charge is 0.303 e. The van der Waals surface area contributed by atoms with Gasteiger partial charge in [-0.1, -0.05) is 34.8 Å². The first-order chi connectivity index (χ1) is 20.3. The van der Waals surface area contributed by atoms with Crippen molar-refractivity contribution in [1.29, 1.82) is 0 Å². The van der Waals surface area contributed by atoms with Crippen LogP contribution in [0.15, 0.2) is 0 Å². The van der Waals surface area contributed by atoms with Crippen molar-refractivity contribution in [1.82, 2.24) is 5.32 Å². The standard InChI is InChI=1S/C26H36Cl3NO14/c1-10(31)35-8-13-16(37-11(2)32)18(38-12(3)33)15(30-23(34)26(27,28)29)21(39-13)36-9-14-17-19(42-24(4,5)41-17)20-22(40-14)44-25(6,7)43-20/h13-22H,8-9H2,1-7H3,(H,30,34)/t13-,14-,15+,16+,17+,18-,19+,20-,21+,22-/m1/s1. The van der Waals surface area contributed by atoms with Crippen LogP contribution in [0.25, 0.3) is 0 Å². The second-order valence-corrected chi connectivity index (χ2v) is 13.8. The molecular formula is C26H36Cl3NO14. The number of fused-ring (bicyclic) bond motifs is 3. The summed E-state index contributed by atoms with van der Waals surface area (Å²) >= 11 is 17.4. The minimum atomic E-state index is -2.45. The molecule has 4 fully saturated rings. The molecule has 15 nitrogen and oxygen atoms in total. The lowest BCUT2D eigenvalue weighted by Crippen LogP contribution is -2.68. The van der Waals surface area contributed by atoms with E-state index in [0.29, 0.717) is 0 Å². The molecule has 0 saturated carbocycles. The third-order valence-corrected chi connectivity index (χ3v) is 7.45. The molecule has 0 unspecified atom stereocenters. The third-order valence-electron chi connectivity index (χ3n) is 6.93. The maximum atomic E-state index is 12.8. The van der Waals surface area contributed by atoms with Crippen molar-refractivity contribution in [3.63, 3.8) is 0 Å². The van der Waals surface area contributed by atoms with E-state index in [-0.39, 0.29) is 6.61 Å². The summed E-state index contributed by atoms with van der Waals surface area (Å²) in [4.78, 5) is 48.7. The Morgan fingerprint density at radius 3 is 1.89 bits per heavy atom. The molecular weight excluding hydrogens is 657 g/mol. The van der Waals surface area contributed by atoms with Crippen molar-refractivity contribution in [2.75, 3.05) is 13.2 Å². The summed E-state index contributed by atoms with van der Waals surface area (Å²) in [5, 5.41) is 2.45. The maximum absolute atomic E-state index is 12.8. The number of esters is 3. The Labute approximate surface area is 268 Å². The number of rotatable bonds is 8. The number of hydrogen-bond donors (Lipinski definition) is 1. The highest BCUT2D eigenvalue weighted by molar-refractivity contribution is 6.76. The molecule has 4 aliphatic rings. The molecule has 0 aromatic rings. The van der Waals surface area contributed by atoms with Gasteiger partial charge in [-0.3, -0.25) is 19.2 Å². The van der Waals surface area contributed by atoms with Crippen LogP contribution < -0.4 is 5.32 Å². The van der Waals surface area contributed by atoms with E-state index < -0.39 is 107 Å². The lowest BCUT2D eigenvalue weighted by Gasteiger charge is -2.45. The predicted octanol–water partition coefficient (Wildman–Crippen LogP) is 1.41. The molecule has 10 atom stereocenters. The van der Waals surface area contributed by atoms with Crippen molar-refractivity contribution in [3.8, 4) is 0 Å². The summed E-state index contributed by atoms with van der Waals surface area (Å²) in [6.07, 6.45) is -9.04. The fourth-order valence-corrected chi connectivity index (χ4v) is 5.61. The summed E-state index contributed by atoms with van der Waals surface area (Å²) in [6, 6.07) is -1.41. The summed E-state index contributed by atoms with van der Waals surface area (Å²) < 4.78 is 56.1. The highest BCUT2D eigenvalue weighted by Gasteiger charge is 2.61. The Morgan fingerprint density at radius 2 is 1.30 bits per heavy atom. The van der Waals surface area contributed by atoms with E-state index in [9.17, 15) is 19.2 Å². The molecule has 250 valence electrons. The zero-order valence-electron chi connectivity index (χ0n) is 25.0. The van der Waals surface area contributed by atoms with Gasteiger partial charge in [-0.05, 0) is 27.7 Å². The van der Waals surface area contributed by atoms with Gasteiger partial charge < -0.3 is 52.7 Å². The first-order valence-corrected chi connectivity index (χ1v) is 14.9. The molecule has 4 aliphatic heterocycles. The molecule has 0 spiro atoms. The van der Waals surface area contributed by atoms with E-state index >= 15 is 0 Å². The second kappa shape index (κ2) is 13.3. The van der Waals surface area contributed by atoms with Gasteiger partial charge in [0.1, 0.15) is 43.2 Å². The minimum absolute atomic E-state index is 0.246. The SMILES string of the molecule is CC(=O)OC[C@H]1O[C@H](OC[C@H]2O[C@@H]3OC(C)(C)O[C@@H]3[C@H]3OC(C)(C)O[C@H]32)[C@@H](NC(=O)C(Cl)(Cl)Cl)[C@@H](OC(C)=O)[C@H]1OC(C)=O. The number of carbonyl (C=O) groups is 4. The first kappa shape index (κ1) is 35.3. The van der Waals surface area contributed by atoms with Gasteiger partial charge in [0.2, 0.25) is 0 Å². The van der Waals surface area contributed by atoms with Gasteiger partial charge >= 0.3 is 17.9 Å². The van der Waals surface area contributed by atoms with Gasteiger partial charge in [-0.25, -0.2) is 0 Å². The number of nitrogens with one attached hydrogen (secondary N) is 1. The van der Waals surface area contributed by atoms with Gasteiger partial charge in [-0.15, -0.1) is 0 Å². The number of amides is 1. The second-order valence-electron chi connectivity index (χ2n) is 11.5. The van der Waals surface area contributed by atoms with Gasteiger partial charge in [0.25, 0.3) is 9.70 Å². The van der Waals surface area contributed by atoms with Crippen molar-refractivity contribution in [2.45, 2.75) is 125 Å². The number of ether oxygens (including phenoxy) is 10.